The summed E-state index contributed by atoms with van der Waals surface area (Å²) in [6.07, 6.45) is 2.31. The quantitative estimate of drug-likeness (QED) is 0.618. The van der Waals surface area contributed by atoms with Gasteiger partial charge < -0.3 is 14.5 Å². The van der Waals surface area contributed by atoms with E-state index in [2.05, 4.69) is 10.3 Å². The first kappa shape index (κ1) is 15.9. The number of amides is 1. The number of fused-ring (bicyclic) bond motifs is 1. The maximum Gasteiger partial charge on any atom is 0.316 e. The standard InChI is InChI=1S/C16H18N2O4S/c1-10(11-6-7-11)17-14(19)8-21-15(20)9-23-16-18-12-4-2-3-5-13(12)22-16/h2-5,10-11H,6-9H2,1H3,(H,17,19)/t10-/m0/s1. The van der Waals surface area contributed by atoms with E-state index in [0.29, 0.717) is 16.7 Å². The number of benzene rings is 1. The van der Waals surface area contributed by atoms with Crippen molar-refractivity contribution in [2.45, 2.75) is 31.0 Å². The van der Waals surface area contributed by atoms with Crippen LogP contribution in [-0.2, 0) is 14.3 Å². The Morgan fingerprint density at radius 2 is 2.22 bits per heavy atom. The number of thioether (sulfide) groups is 1. The molecule has 1 atom stereocenters. The van der Waals surface area contributed by atoms with Gasteiger partial charge in [-0.05, 0) is 37.8 Å². The van der Waals surface area contributed by atoms with Gasteiger partial charge in [-0.15, -0.1) is 0 Å². The molecule has 0 saturated heterocycles. The highest BCUT2D eigenvalue weighted by Gasteiger charge is 2.28. The number of esters is 1. The lowest BCUT2D eigenvalue weighted by molar-refractivity contribution is -0.146. The number of hydrogen-bond acceptors (Lipinski definition) is 6. The van der Waals surface area contributed by atoms with Crippen LogP contribution in [0.25, 0.3) is 11.1 Å². The van der Waals surface area contributed by atoms with Crippen molar-refractivity contribution in [1.82, 2.24) is 10.3 Å². The van der Waals surface area contributed by atoms with Crippen LogP contribution >= 0.6 is 11.8 Å². The minimum absolute atomic E-state index is 0.0538. The molecule has 1 aliphatic carbocycles. The molecule has 0 unspecified atom stereocenters. The Bertz CT molecular complexity index is 678. The number of nitrogens with one attached hydrogen (secondary N) is 1. The van der Waals surface area contributed by atoms with Crippen molar-refractivity contribution in [3.8, 4) is 0 Å². The highest BCUT2D eigenvalue weighted by Crippen LogP contribution is 2.32. The van der Waals surface area contributed by atoms with Crippen LogP contribution in [0.1, 0.15) is 19.8 Å². The Kier molecular flexibility index (Phi) is 4.85. The van der Waals surface area contributed by atoms with Crippen molar-refractivity contribution < 1.29 is 18.7 Å². The lowest BCUT2D eigenvalue weighted by Crippen LogP contribution is -2.37. The van der Waals surface area contributed by atoms with Crippen molar-refractivity contribution in [2.24, 2.45) is 5.92 Å². The second kappa shape index (κ2) is 7.04. The zero-order chi connectivity index (χ0) is 16.2. The molecule has 1 N–H and O–H groups in total. The third-order valence-electron chi connectivity index (χ3n) is 3.67. The summed E-state index contributed by atoms with van der Waals surface area (Å²) in [4.78, 5) is 27.6. The number of carbonyl (C=O) groups excluding carboxylic acids is 2. The van der Waals surface area contributed by atoms with Crippen LogP contribution in [-0.4, -0.2) is 35.3 Å². The van der Waals surface area contributed by atoms with Crippen LogP contribution < -0.4 is 5.32 Å². The summed E-state index contributed by atoms with van der Waals surface area (Å²) in [5.74, 6) is -0.0985. The SMILES string of the molecule is C[C@H](NC(=O)COC(=O)CSc1nc2ccccc2o1)C1CC1. The highest BCUT2D eigenvalue weighted by atomic mass is 32.2. The Balaban J connectivity index is 1.39. The normalized spacial score (nSPS) is 15.3. The molecule has 1 heterocycles. The lowest BCUT2D eigenvalue weighted by atomic mass is 10.2. The van der Waals surface area contributed by atoms with E-state index in [1.165, 1.54) is 0 Å². The molecule has 1 saturated carbocycles. The molecule has 122 valence electrons. The Labute approximate surface area is 138 Å². The monoisotopic (exact) mass is 334 g/mol. The second-order valence-corrected chi connectivity index (χ2v) is 6.52. The topological polar surface area (TPSA) is 81.4 Å². The molecule has 0 bridgehead atoms. The number of ether oxygens (including phenoxy) is 1. The number of oxazole rings is 1. The van der Waals surface area contributed by atoms with Gasteiger partial charge in [0.2, 0.25) is 0 Å². The maximum absolute atomic E-state index is 11.7. The van der Waals surface area contributed by atoms with E-state index in [-0.39, 0.29) is 24.3 Å². The van der Waals surface area contributed by atoms with Crippen molar-refractivity contribution in [2.75, 3.05) is 12.4 Å². The van der Waals surface area contributed by atoms with Crippen LogP contribution in [0, 0.1) is 5.92 Å². The fraction of sp³-hybridized carbons (Fsp3) is 0.438. The first-order chi connectivity index (χ1) is 11.1. The van der Waals surface area contributed by atoms with E-state index in [4.69, 9.17) is 9.15 Å². The number of aromatic nitrogens is 1. The van der Waals surface area contributed by atoms with Crippen LogP contribution in [0.15, 0.2) is 33.9 Å². The minimum Gasteiger partial charge on any atom is -0.455 e. The number of rotatable bonds is 7. The number of hydrogen-bond donors (Lipinski definition) is 1. The number of para-hydroxylation sites is 2. The average molecular weight is 334 g/mol. The van der Waals surface area contributed by atoms with Crippen molar-refractivity contribution >= 4 is 34.7 Å². The van der Waals surface area contributed by atoms with E-state index in [1.807, 2.05) is 31.2 Å². The fourth-order valence-electron chi connectivity index (χ4n) is 2.23. The minimum atomic E-state index is -0.466. The molecule has 1 fully saturated rings. The van der Waals surface area contributed by atoms with Crippen molar-refractivity contribution in [3.05, 3.63) is 24.3 Å². The smallest absolute Gasteiger partial charge is 0.316 e. The summed E-state index contributed by atoms with van der Waals surface area (Å²) in [6, 6.07) is 7.53. The third-order valence-corrected chi connectivity index (χ3v) is 4.47. The largest absolute Gasteiger partial charge is 0.455 e. The van der Waals surface area contributed by atoms with E-state index < -0.39 is 5.97 Å². The molecule has 7 heteroatoms. The van der Waals surface area contributed by atoms with Gasteiger partial charge in [-0.25, -0.2) is 4.98 Å². The molecule has 3 rings (SSSR count). The van der Waals surface area contributed by atoms with Gasteiger partial charge >= 0.3 is 5.97 Å². The van der Waals surface area contributed by atoms with Gasteiger partial charge in [-0.2, -0.15) is 0 Å². The van der Waals surface area contributed by atoms with Gasteiger partial charge in [0.15, 0.2) is 12.2 Å². The summed E-state index contributed by atoms with van der Waals surface area (Å²) < 4.78 is 10.5. The summed E-state index contributed by atoms with van der Waals surface area (Å²) in [7, 11) is 0. The van der Waals surface area contributed by atoms with Gasteiger partial charge in [0.25, 0.3) is 11.1 Å². The van der Waals surface area contributed by atoms with E-state index in [9.17, 15) is 9.59 Å². The molecule has 1 aliphatic rings. The molecule has 0 spiro atoms. The molecule has 1 amide bonds. The van der Waals surface area contributed by atoms with Gasteiger partial charge in [0.05, 0.1) is 0 Å². The van der Waals surface area contributed by atoms with Crippen molar-refractivity contribution in [3.63, 3.8) is 0 Å². The molecular weight excluding hydrogens is 316 g/mol. The highest BCUT2D eigenvalue weighted by molar-refractivity contribution is 7.99. The van der Waals surface area contributed by atoms with Crippen LogP contribution in [0.5, 0.6) is 0 Å². The summed E-state index contributed by atoms with van der Waals surface area (Å²) in [5.41, 5.74) is 1.42. The summed E-state index contributed by atoms with van der Waals surface area (Å²) in [5, 5.41) is 3.25. The lowest BCUT2D eigenvalue weighted by Gasteiger charge is -2.12. The predicted octanol–water partition coefficient (Wildman–Crippen LogP) is 2.38. The van der Waals surface area contributed by atoms with Crippen LogP contribution in [0.3, 0.4) is 0 Å². The number of nitrogens with zero attached hydrogens (tertiary/aromatic N) is 1. The van der Waals surface area contributed by atoms with E-state index in [1.54, 1.807) is 0 Å². The summed E-state index contributed by atoms with van der Waals surface area (Å²) >= 11 is 1.15. The zero-order valence-electron chi connectivity index (χ0n) is 12.8. The average Bonchev–Trinajstić information content (AvgIpc) is 3.30. The molecule has 23 heavy (non-hydrogen) atoms. The first-order valence-corrected chi connectivity index (χ1v) is 8.54. The Morgan fingerprint density at radius 3 is 2.96 bits per heavy atom. The molecule has 0 aliphatic heterocycles. The molecule has 6 nitrogen and oxygen atoms in total. The van der Waals surface area contributed by atoms with Crippen LogP contribution in [0.2, 0.25) is 0 Å². The van der Waals surface area contributed by atoms with Gasteiger partial charge in [0, 0.05) is 6.04 Å². The van der Waals surface area contributed by atoms with E-state index >= 15 is 0 Å². The fourth-order valence-corrected chi connectivity index (χ4v) is 2.87. The molecule has 0 radical (unpaired) electrons. The summed E-state index contributed by atoms with van der Waals surface area (Å²) in [6.45, 7) is 1.73. The maximum atomic E-state index is 11.7. The van der Waals surface area contributed by atoms with E-state index in [0.717, 1.165) is 30.1 Å². The van der Waals surface area contributed by atoms with Gasteiger partial charge in [0.1, 0.15) is 11.3 Å². The molecule has 1 aromatic heterocycles. The first-order valence-electron chi connectivity index (χ1n) is 7.55. The van der Waals surface area contributed by atoms with Gasteiger partial charge in [-0.1, -0.05) is 23.9 Å². The Hall–Kier alpha value is -2.02. The second-order valence-electron chi connectivity index (χ2n) is 5.59. The van der Waals surface area contributed by atoms with Crippen molar-refractivity contribution in [1.29, 1.82) is 0 Å². The predicted molar refractivity (Wildman–Crippen MR) is 86.0 cm³/mol. The molecule has 2 aromatic rings. The van der Waals surface area contributed by atoms with Crippen LogP contribution in [0.4, 0.5) is 0 Å². The molecule has 1 aromatic carbocycles. The molecular formula is C16H18N2O4S. The zero-order valence-corrected chi connectivity index (χ0v) is 13.6. The van der Waals surface area contributed by atoms with Gasteiger partial charge in [-0.3, -0.25) is 9.59 Å². The Morgan fingerprint density at radius 1 is 1.43 bits per heavy atom. The number of carbonyl (C=O) groups is 2. The third kappa shape index (κ3) is 4.48.